The van der Waals surface area contributed by atoms with Gasteiger partial charge in [0.1, 0.15) is 5.82 Å². The molecule has 0 aliphatic carbocycles. The molecule has 3 heteroatoms. The molecule has 0 saturated carbocycles. The van der Waals surface area contributed by atoms with Crippen molar-refractivity contribution in [3.05, 3.63) is 35.1 Å². The minimum atomic E-state index is -0.210. The van der Waals surface area contributed by atoms with Crippen molar-refractivity contribution < 1.29 is 9.13 Å². The molecular formula is C14H20FNO. The van der Waals surface area contributed by atoms with Crippen molar-refractivity contribution in [3.63, 3.8) is 0 Å². The van der Waals surface area contributed by atoms with Gasteiger partial charge in [-0.15, -0.1) is 0 Å². The molecule has 0 spiro atoms. The van der Waals surface area contributed by atoms with Crippen molar-refractivity contribution in [1.29, 1.82) is 0 Å². The van der Waals surface area contributed by atoms with E-state index in [0.717, 1.165) is 43.4 Å². The lowest BCUT2D eigenvalue weighted by atomic mass is 9.96. The van der Waals surface area contributed by atoms with Crippen molar-refractivity contribution in [1.82, 2.24) is 0 Å². The topological polar surface area (TPSA) is 35.2 Å². The van der Waals surface area contributed by atoms with Gasteiger partial charge in [0, 0.05) is 12.6 Å². The second kappa shape index (κ2) is 5.61. The van der Waals surface area contributed by atoms with Crippen molar-refractivity contribution in [2.75, 3.05) is 6.61 Å². The highest BCUT2D eigenvalue weighted by molar-refractivity contribution is 5.29. The maximum Gasteiger partial charge on any atom is 0.123 e. The molecular weight excluding hydrogens is 217 g/mol. The largest absolute Gasteiger partial charge is 0.378 e. The molecule has 2 nitrogen and oxygen atoms in total. The van der Waals surface area contributed by atoms with Gasteiger partial charge in [0.05, 0.1) is 6.10 Å². The lowest BCUT2D eigenvalue weighted by molar-refractivity contribution is 0.101. The Hall–Kier alpha value is -0.930. The second-order valence-corrected chi connectivity index (χ2v) is 4.82. The molecule has 1 aromatic rings. The van der Waals surface area contributed by atoms with Gasteiger partial charge in [0.2, 0.25) is 0 Å². The molecule has 2 rings (SSSR count). The quantitative estimate of drug-likeness (QED) is 0.873. The molecule has 1 fully saturated rings. The molecule has 0 bridgehead atoms. The van der Waals surface area contributed by atoms with E-state index in [-0.39, 0.29) is 11.9 Å². The molecule has 2 unspecified atom stereocenters. The Morgan fingerprint density at radius 3 is 3.06 bits per heavy atom. The third kappa shape index (κ3) is 3.27. The average molecular weight is 237 g/mol. The summed E-state index contributed by atoms with van der Waals surface area (Å²) in [5, 5.41) is 0. The Morgan fingerprint density at radius 2 is 2.35 bits per heavy atom. The van der Waals surface area contributed by atoms with Gasteiger partial charge in [-0.2, -0.15) is 0 Å². The van der Waals surface area contributed by atoms with Gasteiger partial charge in [-0.1, -0.05) is 6.07 Å². The van der Waals surface area contributed by atoms with Gasteiger partial charge in [-0.25, -0.2) is 4.39 Å². The van der Waals surface area contributed by atoms with Gasteiger partial charge in [-0.3, -0.25) is 0 Å². The van der Waals surface area contributed by atoms with Gasteiger partial charge < -0.3 is 10.5 Å². The normalized spacial score (nSPS) is 21.7. The van der Waals surface area contributed by atoms with Crippen molar-refractivity contribution >= 4 is 0 Å². The van der Waals surface area contributed by atoms with Crippen LogP contribution in [0.4, 0.5) is 4.39 Å². The van der Waals surface area contributed by atoms with Gasteiger partial charge in [-0.05, 0) is 55.9 Å². The zero-order chi connectivity index (χ0) is 12.3. The number of halogens is 1. The zero-order valence-corrected chi connectivity index (χ0v) is 10.3. The summed E-state index contributed by atoms with van der Waals surface area (Å²) in [6.45, 7) is 2.85. The first-order valence-corrected chi connectivity index (χ1v) is 6.30. The smallest absolute Gasteiger partial charge is 0.123 e. The molecule has 2 atom stereocenters. The summed E-state index contributed by atoms with van der Waals surface area (Å²) in [4.78, 5) is 0. The van der Waals surface area contributed by atoms with E-state index >= 15 is 0 Å². The number of nitrogens with two attached hydrogens (primary N) is 1. The van der Waals surface area contributed by atoms with Gasteiger partial charge >= 0.3 is 0 Å². The van der Waals surface area contributed by atoms with Crippen LogP contribution in [0.25, 0.3) is 0 Å². The fourth-order valence-corrected chi connectivity index (χ4v) is 2.40. The number of ether oxygens (including phenoxy) is 1. The van der Waals surface area contributed by atoms with E-state index in [2.05, 4.69) is 0 Å². The highest BCUT2D eigenvalue weighted by atomic mass is 19.1. The van der Waals surface area contributed by atoms with Crippen molar-refractivity contribution in [3.8, 4) is 0 Å². The fourth-order valence-electron chi connectivity index (χ4n) is 2.40. The summed E-state index contributed by atoms with van der Waals surface area (Å²) in [5.41, 5.74) is 8.10. The molecule has 2 N–H and O–H groups in total. The van der Waals surface area contributed by atoms with Crippen LogP contribution >= 0.6 is 0 Å². The summed E-state index contributed by atoms with van der Waals surface area (Å²) in [7, 11) is 0. The van der Waals surface area contributed by atoms with E-state index in [0.29, 0.717) is 6.10 Å². The predicted octanol–water partition coefficient (Wildman–Crippen LogP) is 3.09. The van der Waals surface area contributed by atoms with E-state index in [1.807, 2.05) is 6.92 Å². The summed E-state index contributed by atoms with van der Waals surface area (Å²) in [5.74, 6) is -0.210. The van der Waals surface area contributed by atoms with Crippen molar-refractivity contribution in [2.24, 2.45) is 5.73 Å². The minimum Gasteiger partial charge on any atom is -0.378 e. The molecule has 1 aromatic carbocycles. The summed E-state index contributed by atoms with van der Waals surface area (Å²) < 4.78 is 18.7. The first-order valence-electron chi connectivity index (χ1n) is 6.30. The number of aryl methyl sites for hydroxylation is 1. The third-order valence-electron chi connectivity index (χ3n) is 3.46. The summed E-state index contributed by atoms with van der Waals surface area (Å²) in [6.07, 6.45) is 4.47. The van der Waals surface area contributed by atoms with Crippen LogP contribution in [0.5, 0.6) is 0 Å². The summed E-state index contributed by atoms with van der Waals surface area (Å²) >= 11 is 0. The predicted molar refractivity (Wildman–Crippen MR) is 66.3 cm³/mol. The first kappa shape index (κ1) is 12.5. The highest BCUT2D eigenvalue weighted by Gasteiger charge is 2.18. The molecule has 1 saturated heterocycles. The standard InChI is InChI=1S/C14H20FNO/c1-10-4-5-11(15)9-13(10)14(16)7-6-12-3-2-8-17-12/h4-5,9,12,14H,2-3,6-8,16H2,1H3. The van der Waals surface area contributed by atoms with E-state index < -0.39 is 0 Å². The third-order valence-corrected chi connectivity index (χ3v) is 3.46. The molecule has 94 valence electrons. The lowest BCUT2D eigenvalue weighted by Crippen LogP contribution is -2.15. The van der Waals surface area contributed by atoms with Gasteiger partial charge in [0.15, 0.2) is 0 Å². The zero-order valence-electron chi connectivity index (χ0n) is 10.3. The minimum absolute atomic E-state index is 0.0881. The van der Waals surface area contributed by atoms with E-state index in [9.17, 15) is 4.39 Å². The molecule has 0 aromatic heterocycles. The molecule has 0 radical (unpaired) electrons. The van der Waals surface area contributed by atoms with Gasteiger partial charge in [0.25, 0.3) is 0 Å². The van der Waals surface area contributed by atoms with Crippen LogP contribution in [0.1, 0.15) is 42.9 Å². The van der Waals surface area contributed by atoms with Crippen LogP contribution in [0.3, 0.4) is 0 Å². The van der Waals surface area contributed by atoms with Crippen LogP contribution in [-0.2, 0) is 4.74 Å². The van der Waals surface area contributed by atoms with Crippen LogP contribution < -0.4 is 5.73 Å². The van der Waals surface area contributed by atoms with Crippen LogP contribution in [0, 0.1) is 12.7 Å². The fraction of sp³-hybridized carbons (Fsp3) is 0.571. The number of rotatable bonds is 4. The van der Waals surface area contributed by atoms with Crippen molar-refractivity contribution in [2.45, 2.75) is 44.8 Å². The second-order valence-electron chi connectivity index (χ2n) is 4.82. The average Bonchev–Trinajstić information content (AvgIpc) is 2.82. The molecule has 1 aliphatic heterocycles. The first-order chi connectivity index (χ1) is 8.16. The van der Waals surface area contributed by atoms with E-state index in [1.165, 1.54) is 6.07 Å². The monoisotopic (exact) mass is 237 g/mol. The summed E-state index contributed by atoms with van der Waals surface area (Å²) in [6, 6.07) is 4.73. The van der Waals surface area contributed by atoms with Crippen LogP contribution in [0.15, 0.2) is 18.2 Å². The highest BCUT2D eigenvalue weighted by Crippen LogP contribution is 2.24. The van der Waals surface area contributed by atoms with Crippen LogP contribution in [0.2, 0.25) is 0 Å². The molecule has 0 amide bonds. The lowest BCUT2D eigenvalue weighted by Gasteiger charge is -2.17. The Labute approximate surface area is 102 Å². The molecule has 1 heterocycles. The Bertz CT molecular complexity index is 374. The number of hydrogen-bond acceptors (Lipinski definition) is 2. The Kier molecular flexibility index (Phi) is 4.13. The Balaban J connectivity index is 1.93. The molecule has 1 aliphatic rings. The maximum atomic E-state index is 13.2. The SMILES string of the molecule is Cc1ccc(F)cc1C(N)CCC1CCCO1. The van der Waals surface area contributed by atoms with E-state index in [4.69, 9.17) is 10.5 Å². The number of hydrogen-bond donors (Lipinski definition) is 1. The van der Waals surface area contributed by atoms with E-state index in [1.54, 1.807) is 12.1 Å². The molecule has 17 heavy (non-hydrogen) atoms. The van der Waals surface area contributed by atoms with Crippen LogP contribution in [-0.4, -0.2) is 12.7 Å². The maximum absolute atomic E-state index is 13.2. The number of benzene rings is 1. The Morgan fingerprint density at radius 1 is 1.53 bits per heavy atom.